The van der Waals surface area contributed by atoms with Gasteiger partial charge in [0.1, 0.15) is 11.4 Å². The van der Waals surface area contributed by atoms with Gasteiger partial charge in [0.2, 0.25) is 0 Å². The molecule has 0 spiro atoms. The highest BCUT2D eigenvalue weighted by atomic mass is 16.5. The average Bonchev–Trinajstić information content (AvgIpc) is 3.38. The van der Waals surface area contributed by atoms with E-state index >= 15 is 0 Å². The fourth-order valence-electron chi connectivity index (χ4n) is 3.07. The number of anilines is 1. The van der Waals surface area contributed by atoms with Crippen LogP contribution in [0.3, 0.4) is 0 Å². The SMILES string of the molecule is CCOc1ccc2cc(C(=O)Nc3cc(C(=O)NC4CC4)ccc3C)[nH]c2c1. The Bertz CT molecular complexity index is 1050. The summed E-state index contributed by atoms with van der Waals surface area (Å²) in [7, 11) is 0. The molecule has 1 heterocycles. The summed E-state index contributed by atoms with van der Waals surface area (Å²) in [5.41, 5.74) is 3.36. The first-order valence-corrected chi connectivity index (χ1v) is 9.52. The zero-order valence-electron chi connectivity index (χ0n) is 16.0. The molecule has 2 amide bonds. The minimum Gasteiger partial charge on any atom is -0.494 e. The molecule has 28 heavy (non-hydrogen) atoms. The smallest absolute Gasteiger partial charge is 0.272 e. The Balaban J connectivity index is 1.54. The van der Waals surface area contributed by atoms with Crippen LogP contribution < -0.4 is 15.4 Å². The highest BCUT2D eigenvalue weighted by Crippen LogP contribution is 2.24. The van der Waals surface area contributed by atoms with Crippen molar-refractivity contribution in [1.29, 1.82) is 0 Å². The zero-order valence-corrected chi connectivity index (χ0v) is 16.0. The topological polar surface area (TPSA) is 83.2 Å². The van der Waals surface area contributed by atoms with Crippen LogP contribution in [0.15, 0.2) is 42.5 Å². The second kappa shape index (κ2) is 7.38. The summed E-state index contributed by atoms with van der Waals surface area (Å²) in [5, 5.41) is 6.81. The number of carbonyl (C=O) groups is 2. The Kier molecular flexibility index (Phi) is 4.77. The maximum absolute atomic E-state index is 12.7. The van der Waals surface area contributed by atoms with Crippen molar-refractivity contribution in [3.8, 4) is 5.75 Å². The number of H-pyrrole nitrogens is 1. The summed E-state index contributed by atoms with van der Waals surface area (Å²) in [6, 6.07) is 13.1. The van der Waals surface area contributed by atoms with Crippen molar-refractivity contribution in [2.45, 2.75) is 32.7 Å². The zero-order chi connectivity index (χ0) is 19.7. The molecule has 1 aromatic heterocycles. The predicted octanol–water partition coefficient (Wildman–Crippen LogP) is 4.02. The van der Waals surface area contributed by atoms with E-state index in [2.05, 4.69) is 15.6 Å². The largest absolute Gasteiger partial charge is 0.494 e. The molecule has 1 saturated carbocycles. The maximum Gasteiger partial charge on any atom is 0.272 e. The van der Waals surface area contributed by atoms with Crippen molar-refractivity contribution in [1.82, 2.24) is 10.3 Å². The monoisotopic (exact) mass is 377 g/mol. The van der Waals surface area contributed by atoms with Gasteiger partial charge in [0, 0.05) is 34.3 Å². The molecule has 3 aromatic rings. The number of rotatable bonds is 6. The minimum absolute atomic E-state index is 0.105. The van der Waals surface area contributed by atoms with Crippen LogP contribution in [-0.2, 0) is 0 Å². The van der Waals surface area contributed by atoms with Gasteiger partial charge in [0.05, 0.1) is 6.61 Å². The van der Waals surface area contributed by atoms with Gasteiger partial charge in [-0.05, 0) is 62.6 Å². The van der Waals surface area contributed by atoms with E-state index in [9.17, 15) is 9.59 Å². The molecule has 6 nitrogen and oxygen atoms in total. The summed E-state index contributed by atoms with van der Waals surface area (Å²) < 4.78 is 5.50. The Morgan fingerprint density at radius 2 is 1.93 bits per heavy atom. The van der Waals surface area contributed by atoms with E-state index in [0.717, 1.165) is 35.1 Å². The third-order valence-electron chi connectivity index (χ3n) is 4.81. The van der Waals surface area contributed by atoms with Crippen molar-refractivity contribution in [2.75, 3.05) is 11.9 Å². The third-order valence-corrected chi connectivity index (χ3v) is 4.81. The number of aryl methyl sites for hydroxylation is 1. The van der Waals surface area contributed by atoms with Gasteiger partial charge in [-0.2, -0.15) is 0 Å². The summed E-state index contributed by atoms with van der Waals surface area (Å²) in [4.78, 5) is 28.2. The van der Waals surface area contributed by atoms with Gasteiger partial charge in [0.25, 0.3) is 11.8 Å². The van der Waals surface area contributed by atoms with Gasteiger partial charge in [-0.3, -0.25) is 9.59 Å². The lowest BCUT2D eigenvalue weighted by Gasteiger charge is -2.10. The quantitative estimate of drug-likeness (QED) is 0.607. The molecule has 4 rings (SSSR count). The van der Waals surface area contributed by atoms with Crippen LogP contribution in [0.25, 0.3) is 10.9 Å². The normalized spacial score (nSPS) is 13.4. The maximum atomic E-state index is 12.7. The number of hydrogen-bond acceptors (Lipinski definition) is 3. The van der Waals surface area contributed by atoms with Crippen molar-refractivity contribution < 1.29 is 14.3 Å². The van der Waals surface area contributed by atoms with Crippen LogP contribution in [0.2, 0.25) is 0 Å². The highest BCUT2D eigenvalue weighted by Gasteiger charge is 2.24. The van der Waals surface area contributed by atoms with E-state index in [1.54, 1.807) is 18.2 Å². The van der Waals surface area contributed by atoms with Gasteiger partial charge < -0.3 is 20.4 Å². The number of amides is 2. The molecule has 0 unspecified atom stereocenters. The Hall–Kier alpha value is -3.28. The predicted molar refractivity (Wildman–Crippen MR) is 109 cm³/mol. The van der Waals surface area contributed by atoms with Crippen molar-refractivity contribution in [3.63, 3.8) is 0 Å². The van der Waals surface area contributed by atoms with E-state index < -0.39 is 0 Å². The average molecular weight is 377 g/mol. The van der Waals surface area contributed by atoms with Gasteiger partial charge in [-0.25, -0.2) is 0 Å². The summed E-state index contributed by atoms with van der Waals surface area (Å²) in [5.74, 6) is 0.401. The number of hydrogen-bond donors (Lipinski definition) is 3. The number of aromatic nitrogens is 1. The van der Waals surface area contributed by atoms with Crippen LogP contribution in [0.5, 0.6) is 5.75 Å². The first-order valence-electron chi connectivity index (χ1n) is 9.52. The Labute approximate surface area is 163 Å². The van der Waals surface area contributed by atoms with E-state index in [4.69, 9.17) is 4.74 Å². The summed E-state index contributed by atoms with van der Waals surface area (Å²) in [6.07, 6.45) is 2.07. The van der Waals surface area contributed by atoms with Gasteiger partial charge in [-0.15, -0.1) is 0 Å². The number of aromatic amines is 1. The van der Waals surface area contributed by atoms with E-state index in [-0.39, 0.29) is 11.8 Å². The number of carbonyl (C=O) groups excluding carboxylic acids is 2. The van der Waals surface area contributed by atoms with Crippen LogP contribution in [-0.4, -0.2) is 29.4 Å². The lowest BCUT2D eigenvalue weighted by molar-refractivity contribution is 0.0949. The summed E-state index contributed by atoms with van der Waals surface area (Å²) >= 11 is 0. The third kappa shape index (κ3) is 3.86. The molecule has 0 saturated heterocycles. The van der Waals surface area contributed by atoms with Crippen LogP contribution in [0.4, 0.5) is 5.69 Å². The molecular weight excluding hydrogens is 354 g/mol. The molecule has 144 valence electrons. The molecule has 1 aliphatic carbocycles. The molecular formula is C22H23N3O3. The standard InChI is InChI=1S/C22H23N3O3/c1-3-28-17-9-6-14-10-20(24-19(14)12-17)22(27)25-18-11-15(5-4-13(18)2)21(26)23-16-7-8-16/h4-6,9-12,16,24H,3,7-8H2,1-2H3,(H,23,26)(H,25,27). The Morgan fingerprint density at radius 1 is 1.11 bits per heavy atom. The lowest BCUT2D eigenvalue weighted by atomic mass is 10.1. The first kappa shape index (κ1) is 18.1. The molecule has 0 bridgehead atoms. The van der Waals surface area contributed by atoms with Gasteiger partial charge in [0.15, 0.2) is 0 Å². The van der Waals surface area contributed by atoms with Crippen LogP contribution >= 0.6 is 0 Å². The molecule has 1 fully saturated rings. The molecule has 3 N–H and O–H groups in total. The number of benzene rings is 2. The van der Waals surface area contributed by atoms with Crippen LogP contribution in [0.1, 0.15) is 46.2 Å². The van der Waals surface area contributed by atoms with Crippen molar-refractivity contribution >= 4 is 28.4 Å². The number of ether oxygens (including phenoxy) is 1. The molecule has 1 aliphatic rings. The number of nitrogens with one attached hydrogen (secondary N) is 3. The van der Waals surface area contributed by atoms with Crippen molar-refractivity contribution in [2.24, 2.45) is 0 Å². The van der Waals surface area contributed by atoms with Gasteiger partial charge >= 0.3 is 0 Å². The fraction of sp³-hybridized carbons (Fsp3) is 0.273. The van der Waals surface area contributed by atoms with E-state index in [0.29, 0.717) is 29.6 Å². The first-order chi connectivity index (χ1) is 13.5. The molecule has 2 aromatic carbocycles. The van der Waals surface area contributed by atoms with Crippen molar-refractivity contribution in [3.05, 3.63) is 59.3 Å². The minimum atomic E-state index is -0.253. The number of fused-ring (bicyclic) bond motifs is 1. The van der Waals surface area contributed by atoms with E-state index in [1.165, 1.54) is 0 Å². The lowest BCUT2D eigenvalue weighted by Crippen LogP contribution is -2.25. The molecule has 0 aliphatic heterocycles. The highest BCUT2D eigenvalue weighted by molar-refractivity contribution is 6.07. The van der Waals surface area contributed by atoms with E-state index in [1.807, 2.05) is 38.1 Å². The molecule has 0 radical (unpaired) electrons. The van der Waals surface area contributed by atoms with Crippen LogP contribution in [0, 0.1) is 6.92 Å². The molecule has 0 atom stereocenters. The second-order valence-electron chi connectivity index (χ2n) is 7.10. The molecule has 6 heteroatoms. The second-order valence-corrected chi connectivity index (χ2v) is 7.10. The Morgan fingerprint density at radius 3 is 2.68 bits per heavy atom. The van der Waals surface area contributed by atoms with Gasteiger partial charge in [-0.1, -0.05) is 6.07 Å². The fourth-order valence-corrected chi connectivity index (χ4v) is 3.07. The summed E-state index contributed by atoms with van der Waals surface area (Å²) in [6.45, 7) is 4.42.